The van der Waals surface area contributed by atoms with Gasteiger partial charge < -0.3 is 4.74 Å². The standard InChI is InChI=1S/C13H16I2O2/c1-5-13(3,4)12(16)17-11-9(14)6-8(2)7-10(11)15/h6-7H,5H2,1-4H3. The van der Waals surface area contributed by atoms with E-state index in [-0.39, 0.29) is 5.97 Å². The number of esters is 1. The van der Waals surface area contributed by atoms with Crippen molar-refractivity contribution in [2.45, 2.75) is 34.1 Å². The van der Waals surface area contributed by atoms with Crippen molar-refractivity contribution in [3.63, 3.8) is 0 Å². The van der Waals surface area contributed by atoms with Crippen LogP contribution < -0.4 is 4.74 Å². The predicted octanol–water partition coefficient (Wildman–Crippen LogP) is 4.55. The monoisotopic (exact) mass is 458 g/mol. The Labute approximate surface area is 130 Å². The van der Waals surface area contributed by atoms with Crippen LogP contribution in [-0.4, -0.2) is 5.97 Å². The lowest BCUT2D eigenvalue weighted by Crippen LogP contribution is -2.28. The highest BCUT2D eigenvalue weighted by Crippen LogP contribution is 2.31. The first-order valence-electron chi connectivity index (χ1n) is 5.46. The number of carbonyl (C=O) groups is 1. The Bertz CT molecular complexity index is 416. The van der Waals surface area contributed by atoms with Crippen molar-refractivity contribution < 1.29 is 9.53 Å². The summed E-state index contributed by atoms with van der Waals surface area (Å²) in [6, 6.07) is 4.04. The van der Waals surface area contributed by atoms with Gasteiger partial charge in [0.2, 0.25) is 0 Å². The maximum Gasteiger partial charge on any atom is 0.316 e. The van der Waals surface area contributed by atoms with Crippen LogP contribution in [0.4, 0.5) is 0 Å². The number of carbonyl (C=O) groups excluding carboxylic acids is 1. The summed E-state index contributed by atoms with van der Waals surface area (Å²) in [6.45, 7) is 7.84. The van der Waals surface area contributed by atoms with Gasteiger partial charge in [-0.25, -0.2) is 0 Å². The molecule has 0 fully saturated rings. The maximum atomic E-state index is 12.0. The van der Waals surface area contributed by atoms with Gasteiger partial charge in [0, 0.05) is 0 Å². The minimum Gasteiger partial charge on any atom is -0.424 e. The highest BCUT2D eigenvalue weighted by molar-refractivity contribution is 14.1. The first kappa shape index (κ1) is 15.2. The largest absolute Gasteiger partial charge is 0.424 e. The molecule has 0 aliphatic carbocycles. The summed E-state index contributed by atoms with van der Waals surface area (Å²) < 4.78 is 7.49. The van der Waals surface area contributed by atoms with Crippen LogP contribution in [0, 0.1) is 19.5 Å². The van der Waals surface area contributed by atoms with Gasteiger partial charge in [-0.1, -0.05) is 6.92 Å². The molecule has 0 N–H and O–H groups in total. The highest BCUT2D eigenvalue weighted by Gasteiger charge is 2.28. The SMILES string of the molecule is CCC(C)(C)C(=O)Oc1c(I)cc(C)cc1I. The fourth-order valence-electron chi connectivity index (χ4n) is 1.16. The van der Waals surface area contributed by atoms with Gasteiger partial charge in [-0.3, -0.25) is 4.79 Å². The summed E-state index contributed by atoms with van der Waals surface area (Å²) in [4.78, 5) is 12.0. The Hall–Kier alpha value is 0.150. The summed E-state index contributed by atoms with van der Waals surface area (Å²) in [6.07, 6.45) is 0.769. The van der Waals surface area contributed by atoms with Crippen molar-refractivity contribution >= 4 is 51.2 Å². The van der Waals surface area contributed by atoms with Crippen molar-refractivity contribution in [1.29, 1.82) is 0 Å². The van der Waals surface area contributed by atoms with E-state index in [4.69, 9.17) is 4.74 Å². The third-order valence-corrected chi connectivity index (χ3v) is 4.38. The molecular weight excluding hydrogens is 442 g/mol. The van der Waals surface area contributed by atoms with Crippen LogP contribution in [0.25, 0.3) is 0 Å². The summed E-state index contributed by atoms with van der Waals surface area (Å²) in [5.74, 6) is 0.517. The van der Waals surface area contributed by atoms with Crippen LogP contribution in [0.5, 0.6) is 5.75 Å². The quantitative estimate of drug-likeness (QED) is 0.378. The number of benzene rings is 1. The molecule has 0 heterocycles. The van der Waals surface area contributed by atoms with Gasteiger partial charge in [-0.2, -0.15) is 0 Å². The zero-order valence-electron chi connectivity index (χ0n) is 10.4. The smallest absolute Gasteiger partial charge is 0.316 e. The Balaban J connectivity index is 3.01. The zero-order chi connectivity index (χ0) is 13.2. The predicted molar refractivity (Wildman–Crippen MR) is 86.3 cm³/mol. The molecule has 1 aromatic carbocycles. The second-order valence-corrected chi connectivity index (χ2v) is 7.01. The number of aryl methyl sites for hydroxylation is 1. The van der Waals surface area contributed by atoms with Gasteiger partial charge in [-0.15, -0.1) is 0 Å². The zero-order valence-corrected chi connectivity index (χ0v) is 14.7. The van der Waals surface area contributed by atoms with E-state index < -0.39 is 5.41 Å². The molecule has 1 aromatic rings. The first-order valence-corrected chi connectivity index (χ1v) is 7.61. The van der Waals surface area contributed by atoms with E-state index in [1.807, 2.05) is 39.8 Å². The second kappa shape index (κ2) is 5.86. The normalized spacial score (nSPS) is 11.4. The molecule has 0 atom stereocenters. The summed E-state index contributed by atoms with van der Waals surface area (Å²) in [5, 5.41) is 0. The molecule has 0 spiro atoms. The van der Waals surface area contributed by atoms with Crippen LogP contribution in [-0.2, 0) is 4.79 Å². The van der Waals surface area contributed by atoms with Crippen LogP contribution >= 0.6 is 45.2 Å². The highest BCUT2D eigenvalue weighted by atomic mass is 127. The van der Waals surface area contributed by atoms with Crippen molar-refractivity contribution in [3.8, 4) is 5.75 Å². The summed E-state index contributed by atoms with van der Waals surface area (Å²) in [7, 11) is 0. The number of rotatable bonds is 3. The third kappa shape index (κ3) is 3.81. The van der Waals surface area contributed by atoms with Crippen molar-refractivity contribution in [2.24, 2.45) is 5.41 Å². The maximum absolute atomic E-state index is 12.0. The molecule has 0 radical (unpaired) electrons. The summed E-state index contributed by atoms with van der Waals surface area (Å²) >= 11 is 4.41. The fraction of sp³-hybridized carbons (Fsp3) is 0.462. The van der Waals surface area contributed by atoms with Gasteiger partial charge in [0.15, 0.2) is 5.75 Å². The van der Waals surface area contributed by atoms with E-state index in [0.29, 0.717) is 5.75 Å². The van der Waals surface area contributed by atoms with Crippen molar-refractivity contribution in [2.75, 3.05) is 0 Å². The van der Waals surface area contributed by atoms with Crippen molar-refractivity contribution in [1.82, 2.24) is 0 Å². The molecule has 94 valence electrons. The van der Waals surface area contributed by atoms with Crippen LogP contribution in [0.15, 0.2) is 12.1 Å². The average molecular weight is 458 g/mol. The summed E-state index contributed by atoms with van der Waals surface area (Å²) in [5.41, 5.74) is 0.741. The molecular formula is C13H16I2O2. The van der Waals surface area contributed by atoms with E-state index in [1.165, 1.54) is 5.56 Å². The lowest BCUT2D eigenvalue weighted by molar-refractivity contribution is -0.144. The van der Waals surface area contributed by atoms with Crippen LogP contribution in [0.3, 0.4) is 0 Å². The Kier molecular flexibility index (Phi) is 5.24. The molecule has 1 rings (SSSR count). The first-order chi connectivity index (χ1) is 7.77. The van der Waals surface area contributed by atoms with E-state index in [2.05, 4.69) is 45.2 Å². The molecule has 0 aromatic heterocycles. The lowest BCUT2D eigenvalue weighted by Gasteiger charge is -2.21. The van der Waals surface area contributed by atoms with E-state index >= 15 is 0 Å². The van der Waals surface area contributed by atoms with Gasteiger partial charge in [0.1, 0.15) is 0 Å². The molecule has 17 heavy (non-hydrogen) atoms. The molecule has 2 nitrogen and oxygen atoms in total. The molecule has 0 saturated heterocycles. The minimum atomic E-state index is -0.433. The average Bonchev–Trinajstić information content (AvgIpc) is 2.22. The third-order valence-electron chi connectivity index (χ3n) is 2.77. The lowest BCUT2D eigenvalue weighted by atomic mass is 9.91. The van der Waals surface area contributed by atoms with Gasteiger partial charge in [0.25, 0.3) is 0 Å². The van der Waals surface area contributed by atoms with Gasteiger partial charge >= 0.3 is 5.97 Å². The molecule has 0 saturated carbocycles. The molecule has 0 aliphatic rings. The topological polar surface area (TPSA) is 26.3 Å². The Morgan fingerprint density at radius 2 is 1.76 bits per heavy atom. The number of ether oxygens (including phenoxy) is 1. The van der Waals surface area contributed by atoms with E-state index in [0.717, 1.165) is 13.6 Å². The molecule has 0 bridgehead atoms. The number of hydrogen-bond acceptors (Lipinski definition) is 2. The van der Waals surface area contributed by atoms with Gasteiger partial charge in [-0.05, 0) is 90.1 Å². The fourth-order valence-corrected chi connectivity index (χ4v) is 3.46. The number of halogens is 2. The molecule has 4 heteroatoms. The molecule has 0 unspecified atom stereocenters. The minimum absolute atomic E-state index is 0.167. The molecule has 0 amide bonds. The second-order valence-electron chi connectivity index (χ2n) is 4.68. The Morgan fingerprint density at radius 3 is 2.18 bits per heavy atom. The van der Waals surface area contributed by atoms with Crippen LogP contribution in [0.1, 0.15) is 32.8 Å². The number of hydrogen-bond donors (Lipinski definition) is 0. The van der Waals surface area contributed by atoms with E-state index in [9.17, 15) is 4.79 Å². The van der Waals surface area contributed by atoms with Gasteiger partial charge in [0.05, 0.1) is 12.6 Å². The van der Waals surface area contributed by atoms with E-state index in [1.54, 1.807) is 0 Å². The Morgan fingerprint density at radius 1 is 1.29 bits per heavy atom. The molecule has 0 aliphatic heterocycles. The van der Waals surface area contributed by atoms with Crippen LogP contribution in [0.2, 0.25) is 0 Å². The van der Waals surface area contributed by atoms with Crippen molar-refractivity contribution in [3.05, 3.63) is 24.8 Å².